The van der Waals surface area contributed by atoms with Crippen LogP contribution in [0.15, 0.2) is 29.1 Å². The lowest BCUT2D eigenvalue weighted by atomic mass is 10.3. The zero-order chi connectivity index (χ0) is 11.5. The Morgan fingerprint density at radius 3 is 2.94 bits per heavy atom. The van der Waals surface area contributed by atoms with Crippen molar-refractivity contribution in [3.05, 3.63) is 41.9 Å². The molecule has 1 atom stereocenters. The molecule has 2 aromatic heterocycles. The van der Waals surface area contributed by atoms with Crippen LogP contribution in [0.1, 0.15) is 30.2 Å². The van der Waals surface area contributed by atoms with Gasteiger partial charge in [0.2, 0.25) is 5.89 Å². The maximum absolute atomic E-state index is 5.46. The van der Waals surface area contributed by atoms with Crippen molar-refractivity contribution in [3.8, 4) is 0 Å². The molecule has 2 rings (SSSR count). The van der Waals surface area contributed by atoms with E-state index in [2.05, 4.69) is 22.6 Å². The zero-order valence-electron chi connectivity index (χ0n) is 9.90. The van der Waals surface area contributed by atoms with Crippen molar-refractivity contribution in [2.75, 3.05) is 0 Å². The molecule has 1 unspecified atom stereocenters. The number of oxazole rings is 1. The van der Waals surface area contributed by atoms with E-state index < -0.39 is 0 Å². The molecule has 0 bridgehead atoms. The fourth-order valence-corrected chi connectivity index (χ4v) is 1.60. The Morgan fingerprint density at radius 2 is 2.38 bits per heavy atom. The SMILES string of the molecule is Cc1cnc(C(C)NCc2ccn(C)c2)o1. The second-order valence-electron chi connectivity index (χ2n) is 4.10. The van der Waals surface area contributed by atoms with Gasteiger partial charge in [-0.1, -0.05) is 0 Å². The fourth-order valence-electron chi connectivity index (χ4n) is 1.60. The first kappa shape index (κ1) is 11.0. The van der Waals surface area contributed by atoms with Crippen LogP contribution in [0.25, 0.3) is 0 Å². The van der Waals surface area contributed by atoms with Crippen molar-refractivity contribution >= 4 is 0 Å². The van der Waals surface area contributed by atoms with Gasteiger partial charge in [-0.25, -0.2) is 4.98 Å². The van der Waals surface area contributed by atoms with Gasteiger partial charge >= 0.3 is 0 Å². The molecule has 16 heavy (non-hydrogen) atoms. The smallest absolute Gasteiger partial charge is 0.211 e. The monoisotopic (exact) mass is 219 g/mol. The molecule has 0 radical (unpaired) electrons. The maximum atomic E-state index is 5.46. The summed E-state index contributed by atoms with van der Waals surface area (Å²) in [6, 6.07) is 2.23. The molecule has 4 heteroatoms. The molecule has 86 valence electrons. The molecule has 2 heterocycles. The van der Waals surface area contributed by atoms with Gasteiger partial charge in [-0.05, 0) is 25.5 Å². The van der Waals surface area contributed by atoms with E-state index in [1.807, 2.05) is 31.7 Å². The summed E-state index contributed by atoms with van der Waals surface area (Å²) in [6.45, 7) is 4.78. The number of rotatable bonds is 4. The minimum atomic E-state index is 0.133. The van der Waals surface area contributed by atoms with Gasteiger partial charge in [-0.3, -0.25) is 0 Å². The lowest BCUT2D eigenvalue weighted by Gasteiger charge is -2.08. The van der Waals surface area contributed by atoms with Crippen LogP contribution in [0.3, 0.4) is 0 Å². The van der Waals surface area contributed by atoms with Crippen molar-refractivity contribution in [2.45, 2.75) is 26.4 Å². The standard InChI is InChI=1S/C12H17N3O/c1-9-6-14-12(16-9)10(2)13-7-11-4-5-15(3)8-11/h4-6,8,10,13H,7H2,1-3H3. The molecular formula is C12H17N3O. The normalized spacial score (nSPS) is 12.9. The van der Waals surface area contributed by atoms with Crippen molar-refractivity contribution in [1.29, 1.82) is 0 Å². The third-order valence-corrected chi connectivity index (χ3v) is 2.52. The summed E-state index contributed by atoms with van der Waals surface area (Å²) in [5.41, 5.74) is 1.26. The van der Waals surface area contributed by atoms with Crippen LogP contribution in [0.2, 0.25) is 0 Å². The Morgan fingerprint density at radius 1 is 1.56 bits per heavy atom. The van der Waals surface area contributed by atoms with Gasteiger partial charge in [0.15, 0.2) is 0 Å². The molecule has 0 aliphatic carbocycles. The van der Waals surface area contributed by atoms with E-state index in [9.17, 15) is 0 Å². The van der Waals surface area contributed by atoms with Crippen LogP contribution in [0.4, 0.5) is 0 Å². The molecule has 1 N–H and O–H groups in total. The number of aryl methyl sites for hydroxylation is 2. The lowest BCUT2D eigenvalue weighted by molar-refractivity contribution is 0.402. The number of hydrogen-bond acceptors (Lipinski definition) is 3. The number of nitrogens with one attached hydrogen (secondary N) is 1. The van der Waals surface area contributed by atoms with Crippen LogP contribution in [0, 0.1) is 6.92 Å². The number of nitrogens with zero attached hydrogens (tertiary/aromatic N) is 2. The van der Waals surface area contributed by atoms with Gasteiger partial charge in [-0.2, -0.15) is 0 Å². The van der Waals surface area contributed by atoms with Crippen LogP contribution < -0.4 is 5.32 Å². The molecule has 0 aliphatic heterocycles. The predicted octanol–water partition coefficient (Wildman–Crippen LogP) is 2.17. The highest BCUT2D eigenvalue weighted by Crippen LogP contribution is 2.12. The Hall–Kier alpha value is -1.55. The zero-order valence-corrected chi connectivity index (χ0v) is 9.90. The van der Waals surface area contributed by atoms with Crippen LogP contribution in [0.5, 0.6) is 0 Å². The van der Waals surface area contributed by atoms with Crippen molar-refractivity contribution in [3.63, 3.8) is 0 Å². The summed E-state index contributed by atoms with van der Waals surface area (Å²) in [5, 5.41) is 3.37. The van der Waals surface area contributed by atoms with Gasteiger partial charge < -0.3 is 14.3 Å². The summed E-state index contributed by atoms with van der Waals surface area (Å²) >= 11 is 0. The second-order valence-corrected chi connectivity index (χ2v) is 4.10. The van der Waals surface area contributed by atoms with Crippen molar-refractivity contribution in [1.82, 2.24) is 14.9 Å². The van der Waals surface area contributed by atoms with Gasteiger partial charge in [0.1, 0.15) is 5.76 Å². The minimum Gasteiger partial charge on any atom is -0.444 e. The van der Waals surface area contributed by atoms with Crippen LogP contribution >= 0.6 is 0 Å². The van der Waals surface area contributed by atoms with E-state index >= 15 is 0 Å². The molecule has 0 fully saturated rings. The Kier molecular flexibility index (Phi) is 3.10. The molecule has 0 aromatic carbocycles. The molecule has 0 saturated carbocycles. The van der Waals surface area contributed by atoms with E-state index in [1.165, 1.54) is 5.56 Å². The van der Waals surface area contributed by atoms with Crippen molar-refractivity contribution < 1.29 is 4.42 Å². The van der Waals surface area contributed by atoms with Gasteiger partial charge in [-0.15, -0.1) is 0 Å². The summed E-state index contributed by atoms with van der Waals surface area (Å²) in [7, 11) is 2.02. The van der Waals surface area contributed by atoms with E-state index in [0.717, 1.165) is 18.2 Å². The van der Waals surface area contributed by atoms with Crippen molar-refractivity contribution in [2.24, 2.45) is 7.05 Å². The van der Waals surface area contributed by atoms with Crippen LogP contribution in [-0.2, 0) is 13.6 Å². The Labute approximate surface area is 95.3 Å². The number of hydrogen-bond donors (Lipinski definition) is 1. The first-order valence-electron chi connectivity index (χ1n) is 5.41. The average molecular weight is 219 g/mol. The topological polar surface area (TPSA) is 43.0 Å². The highest BCUT2D eigenvalue weighted by atomic mass is 16.4. The fraction of sp³-hybridized carbons (Fsp3) is 0.417. The summed E-state index contributed by atoms with van der Waals surface area (Å²) in [6.07, 6.45) is 5.88. The van der Waals surface area contributed by atoms with E-state index in [1.54, 1.807) is 6.20 Å². The van der Waals surface area contributed by atoms with Gasteiger partial charge in [0, 0.05) is 26.0 Å². The third-order valence-electron chi connectivity index (χ3n) is 2.52. The first-order chi connectivity index (χ1) is 7.65. The quantitative estimate of drug-likeness (QED) is 0.857. The lowest BCUT2D eigenvalue weighted by Crippen LogP contribution is -2.18. The maximum Gasteiger partial charge on any atom is 0.211 e. The highest BCUT2D eigenvalue weighted by molar-refractivity contribution is 5.10. The predicted molar refractivity (Wildman–Crippen MR) is 61.9 cm³/mol. The molecular weight excluding hydrogens is 202 g/mol. The molecule has 4 nitrogen and oxygen atoms in total. The Bertz CT molecular complexity index is 458. The largest absolute Gasteiger partial charge is 0.444 e. The minimum absolute atomic E-state index is 0.133. The summed E-state index contributed by atoms with van der Waals surface area (Å²) in [5.74, 6) is 1.59. The molecule has 0 spiro atoms. The second kappa shape index (κ2) is 4.53. The molecule has 0 amide bonds. The van der Waals surface area contributed by atoms with Crippen LogP contribution in [-0.4, -0.2) is 9.55 Å². The first-order valence-corrected chi connectivity index (χ1v) is 5.41. The number of aromatic nitrogens is 2. The Balaban J connectivity index is 1.91. The summed E-state index contributed by atoms with van der Waals surface area (Å²) < 4.78 is 7.50. The average Bonchev–Trinajstić information content (AvgIpc) is 2.84. The summed E-state index contributed by atoms with van der Waals surface area (Å²) in [4.78, 5) is 4.20. The third kappa shape index (κ3) is 2.52. The highest BCUT2D eigenvalue weighted by Gasteiger charge is 2.10. The van der Waals surface area contributed by atoms with Gasteiger partial charge in [0.05, 0.1) is 12.2 Å². The van der Waals surface area contributed by atoms with Gasteiger partial charge in [0.25, 0.3) is 0 Å². The van der Waals surface area contributed by atoms with E-state index in [0.29, 0.717) is 0 Å². The molecule has 0 saturated heterocycles. The molecule has 0 aliphatic rings. The van der Waals surface area contributed by atoms with E-state index in [-0.39, 0.29) is 6.04 Å². The van der Waals surface area contributed by atoms with E-state index in [4.69, 9.17) is 4.42 Å². The molecule has 2 aromatic rings.